The summed E-state index contributed by atoms with van der Waals surface area (Å²) >= 11 is 3.60. The average molecular weight is 422 g/mol. The Labute approximate surface area is 165 Å². The first-order valence-electron chi connectivity index (χ1n) is 8.88. The molecule has 0 bridgehead atoms. The van der Waals surface area contributed by atoms with Crippen LogP contribution in [0.15, 0.2) is 48.0 Å². The number of aryl methyl sites for hydroxylation is 1. The molecule has 0 aromatic heterocycles. The Kier molecular flexibility index (Phi) is 7.21. The van der Waals surface area contributed by atoms with Gasteiger partial charge < -0.3 is 14.4 Å². The number of nitrogens with zero attached hydrogens (tertiary/aromatic N) is 1. The first-order chi connectivity index (χ1) is 12.3. The van der Waals surface area contributed by atoms with Gasteiger partial charge in [-0.15, -0.1) is 13.2 Å². The minimum absolute atomic E-state index is 0.0586. The zero-order chi connectivity index (χ0) is 19.3. The van der Waals surface area contributed by atoms with E-state index in [0.29, 0.717) is 19.5 Å². The lowest BCUT2D eigenvalue weighted by atomic mass is 10.1. The van der Waals surface area contributed by atoms with Crippen LogP contribution in [0.1, 0.15) is 37.8 Å². The van der Waals surface area contributed by atoms with Gasteiger partial charge in [0.2, 0.25) is 0 Å². The van der Waals surface area contributed by atoms with Crippen LogP contribution < -0.4 is 0 Å². The molecule has 1 amide bonds. The molecule has 0 spiro atoms. The fourth-order valence-corrected chi connectivity index (χ4v) is 3.68. The van der Waals surface area contributed by atoms with Crippen molar-refractivity contribution in [1.82, 2.24) is 4.90 Å². The number of halogens is 1. The zero-order valence-electron chi connectivity index (χ0n) is 15.8. The number of ether oxygens (including phenoxy) is 2. The zero-order valence-corrected chi connectivity index (χ0v) is 17.4. The predicted octanol–water partition coefficient (Wildman–Crippen LogP) is 4.76. The Morgan fingerprint density at radius 2 is 2.04 bits per heavy atom. The van der Waals surface area contributed by atoms with Crippen LogP contribution in [0.3, 0.4) is 0 Å². The van der Waals surface area contributed by atoms with E-state index in [-0.39, 0.29) is 12.0 Å². The lowest BCUT2D eigenvalue weighted by Crippen LogP contribution is -2.44. The van der Waals surface area contributed by atoms with Gasteiger partial charge in [-0.2, -0.15) is 0 Å². The van der Waals surface area contributed by atoms with E-state index in [1.807, 2.05) is 37.8 Å². The van der Waals surface area contributed by atoms with Crippen molar-refractivity contribution in [2.75, 3.05) is 6.54 Å². The maximum Gasteiger partial charge on any atom is 0.254 e. The van der Waals surface area contributed by atoms with Crippen molar-refractivity contribution in [3.63, 3.8) is 0 Å². The first kappa shape index (κ1) is 20.9. The Morgan fingerprint density at radius 3 is 2.65 bits per heavy atom. The molecule has 0 N–H and O–H groups in total. The predicted molar refractivity (Wildman–Crippen MR) is 108 cm³/mol. The van der Waals surface area contributed by atoms with Crippen molar-refractivity contribution in [1.29, 1.82) is 0 Å². The molecular formula is C21H28BrNO3. The van der Waals surface area contributed by atoms with Gasteiger partial charge in [-0.25, -0.2) is 0 Å². The molecule has 1 aromatic rings. The summed E-state index contributed by atoms with van der Waals surface area (Å²) in [4.78, 5) is 15.1. The van der Waals surface area contributed by atoms with E-state index >= 15 is 0 Å². The molecule has 142 valence electrons. The summed E-state index contributed by atoms with van der Waals surface area (Å²) in [5.41, 5.74) is 2.23. The molecule has 1 aromatic carbocycles. The van der Waals surface area contributed by atoms with Crippen LogP contribution >= 0.6 is 15.9 Å². The van der Waals surface area contributed by atoms with E-state index in [0.717, 1.165) is 16.5 Å². The topological polar surface area (TPSA) is 38.8 Å². The summed E-state index contributed by atoms with van der Waals surface area (Å²) in [6.07, 6.45) is 3.93. The van der Waals surface area contributed by atoms with Crippen molar-refractivity contribution in [2.45, 2.75) is 58.2 Å². The lowest BCUT2D eigenvalue weighted by molar-refractivity contribution is -0.162. The second-order valence-electron chi connectivity index (χ2n) is 7.05. The fourth-order valence-electron chi connectivity index (χ4n) is 3.06. The van der Waals surface area contributed by atoms with Gasteiger partial charge in [0.1, 0.15) is 0 Å². The van der Waals surface area contributed by atoms with Gasteiger partial charge in [0.15, 0.2) is 11.9 Å². The molecule has 2 atom stereocenters. The highest BCUT2D eigenvalue weighted by atomic mass is 79.9. The summed E-state index contributed by atoms with van der Waals surface area (Å²) in [6, 6.07) is 6.16. The highest BCUT2D eigenvalue weighted by molar-refractivity contribution is 9.10. The number of amides is 1. The number of hydrogen-bond donors (Lipinski definition) is 0. The van der Waals surface area contributed by atoms with Gasteiger partial charge >= 0.3 is 0 Å². The molecule has 4 nitrogen and oxygen atoms in total. The monoisotopic (exact) mass is 421 g/mol. The van der Waals surface area contributed by atoms with Gasteiger partial charge in [-0.05, 0) is 50.8 Å². The summed E-state index contributed by atoms with van der Waals surface area (Å²) in [5, 5.41) is 0. The Balaban J connectivity index is 2.22. The Morgan fingerprint density at radius 1 is 1.31 bits per heavy atom. The van der Waals surface area contributed by atoms with E-state index in [9.17, 15) is 4.79 Å². The number of rotatable bonds is 8. The van der Waals surface area contributed by atoms with Crippen molar-refractivity contribution in [2.24, 2.45) is 0 Å². The number of carbonyl (C=O) groups is 1. The van der Waals surface area contributed by atoms with Crippen molar-refractivity contribution < 1.29 is 14.3 Å². The van der Waals surface area contributed by atoms with Crippen LogP contribution in [0.5, 0.6) is 0 Å². The standard InChI is InChI=1S/C21H28BrNO3/c1-6-8-12-23(14-16-11-10-15(3)13-17(16)22)20(24)19-18(9-7-2)25-21(4,5)26-19/h6-7,10-11,13,18-19H,1-2,8-9,12,14H2,3-5H3/t18-,19+/m1/s1. The molecule has 0 unspecified atom stereocenters. The third-order valence-corrected chi connectivity index (χ3v) is 5.05. The maximum absolute atomic E-state index is 13.2. The van der Waals surface area contributed by atoms with Crippen LogP contribution in [-0.2, 0) is 20.8 Å². The largest absolute Gasteiger partial charge is 0.344 e. The summed E-state index contributed by atoms with van der Waals surface area (Å²) in [6.45, 7) is 14.4. The molecule has 1 fully saturated rings. The number of benzene rings is 1. The average Bonchev–Trinajstić information content (AvgIpc) is 2.87. The van der Waals surface area contributed by atoms with Gasteiger partial charge in [0.25, 0.3) is 5.91 Å². The highest BCUT2D eigenvalue weighted by Crippen LogP contribution is 2.32. The summed E-state index contributed by atoms with van der Waals surface area (Å²) in [7, 11) is 0. The smallest absolute Gasteiger partial charge is 0.254 e. The van der Waals surface area contributed by atoms with Gasteiger partial charge in [-0.1, -0.05) is 40.2 Å². The molecule has 0 saturated carbocycles. The van der Waals surface area contributed by atoms with Crippen molar-refractivity contribution in [3.05, 3.63) is 59.1 Å². The van der Waals surface area contributed by atoms with Crippen molar-refractivity contribution >= 4 is 21.8 Å². The molecule has 1 saturated heterocycles. The van der Waals surface area contributed by atoms with E-state index in [2.05, 4.69) is 41.2 Å². The number of hydrogen-bond acceptors (Lipinski definition) is 3. The lowest BCUT2D eigenvalue weighted by Gasteiger charge is -2.27. The van der Waals surface area contributed by atoms with Crippen LogP contribution in [-0.4, -0.2) is 35.3 Å². The molecule has 0 aliphatic carbocycles. The summed E-state index contributed by atoms with van der Waals surface area (Å²) in [5.74, 6) is -0.834. The van der Waals surface area contributed by atoms with Crippen LogP contribution in [0.25, 0.3) is 0 Å². The van der Waals surface area contributed by atoms with Crippen molar-refractivity contribution in [3.8, 4) is 0 Å². The normalized spacial score (nSPS) is 21.4. The molecule has 5 heteroatoms. The van der Waals surface area contributed by atoms with Crippen LogP contribution in [0, 0.1) is 6.92 Å². The minimum Gasteiger partial charge on any atom is -0.344 e. The third kappa shape index (κ3) is 5.29. The van der Waals surface area contributed by atoms with E-state index in [1.165, 1.54) is 5.56 Å². The first-order valence-corrected chi connectivity index (χ1v) is 9.68. The number of carbonyl (C=O) groups excluding carboxylic acids is 1. The molecule has 1 aliphatic heterocycles. The highest BCUT2D eigenvalue weighted by Gasteiger charge is 2.45. The van der Waals surface area contributed by atoms with Gasteiger partial charge in [0, 0.05) is 17.6 Å². The second-order valence-corrected chi connectivity index (χ2v) is 7.91. The molecule has 0 radical (unpaired) electrons. The van der Waals surface area contributed by atoms with E-state index in [4.69, 9.17) is 9.47 Å². The maximum atomic E-state index is 13.2. The third-order valence-electron chi connectivity index (χ3n) is 4.31. The minimum atomic E-state index is -0.775. The molecule has 1 aliphatic rings. The van der Waals surface area contributed by atoms with Crippen LogP contribution in [0.2, 0.25) is 0 Å². The molecule has 2 rings (SSSR count). The Bertz CT molecular complexity index is 671. The molecule has 26 heavy (non-hydrogen) atoms. The Hall–Kier alpha value is -1.43. The van der Waals surface area contributed by atoms with E-state index in [1.54, 1.807) is 6.08 Å². The van der Waals surface area contributed by atoms with Crippen LogP contribution in [0.4, 0.5) is 0 Å². The SMILES string of the molecule is C=CCCN(Cc1ccc(C)cc1Br)C(=O)[C@H]1OC(C)(C)O[C@@H]1CC=C. The fraction of sp³-hybridized carbons (Fsp3) is 0.476. The molecular weight excluding hydrogens is 394 g/mol. The quantitative estimate of drug-likeness (QED) is 0.567. The van der Waals surface area contributed by atoms with E-state index < -0.39 is 11.9 Å². The molecule has 1 heterocycles. The van der Waals surface area contributed by atoms with Gasteiger partial charge in [-0.3, -0.25) is 4.79 Å². The van der Waals surface area contributed by atoms with Gasteiger partial charge in [0.05, 0.1) is 6.10 Å². The second kappa shape index (κ2) is 8.98. The summed E-state index contributed by atoms with van der Waals surface area (Å²) < 4.78 is 12.8.